The summed E-state index contributed by atoms with van der Waals surface area (Å²) in [5.74, 6) is 0.461. The van der Waals surface area contributed by atoms with Crippen molar-refractivity contribution in [1.82, 2.24) is 35.1 Å². The van der Waals surface area contributed by atoms with Gasteiger partial charge in [-0.15, -0.1) is 12.4 Å². The second-order valence-corrected chi connectivity index (χ2v) is 9.25. The summed E-state index contributed by atoms with van der Waals surface area (Å²) >= 11 is 0. The van der Waals surface area contributed by atoms with E-state index in [2.05, 4.69) is 32.4 Å². The third-order valence-corrected chi connectivity index (χ3v) is 6.95. The number of rotatable bonds is 8. The molecule has 3 aromatic heterocycles. The lowest BCUT2D eigenvalue weighted by Gasteiger charge is -2.33. The number of carbonyl (C=O) groups excluding carboxylic acids is 1. The van der Waals surface area contributed by atoms with Crippen LogP contribution in [-0.2, 0) is 6.54 Å². The Labute approximate surface area is 222 Å². The smallest absolute Gasteiger partial charge is 0.255 e. The standard InChI is InChI=1S/C26H32N8O2.ClH/c1-3-34-23-19(26(35)28-13-9-15-33-14-8-7-10-17(33)2)16-29-20(18-11-5-4-6-12-18)21(23)30-25(34)22-24(27)32-36-31-22;/h4-6,11-12,16-17H,3,7-10,13-15H2,1-2H3,(H2,27,32)(H,28,35);1H. The predicted octanol–water partition coefficient (Wildman–Crippen LogP) is 4.17. The number of benzene rings is 1. The maximum atomic E-state index is 13.4. The van der Waals surface area contributed by atoms with Gasteiger partial charge in [0, 0.05) is 37.4 Å². The number of fused-ring (bicyclic) bond motifs is 1. The van der Waals surface area contributed by atoms with Crippen LogP contribution in [0.1, 0.15) is 49.9 Å². The molecule has 0 radical (unpaired) electrons. The van der Waals surface area contributed by atoms with Gasteiger partial charge in [0.2, 0.25) is 0 Å². The van der Waals surface area contributed by atoms with Gasteiger partial charge in [-0.2, -0.15) is 0 Å². The van der Waals surface area contributed by atoms with Crippen LogP contribution < -0.4 is 11.1 Å². The van der Waals surface area contributed by atoms with Gasteiger partial charge in [0.15, 0.2) is 17.3 Å². The van der Waals surface area contributed by atoms with Gasteiger partial charge in [0.05, 0.1) is 16.8 Å². The minimum Gasteiger partial charge on any atom is -0.379 e. The summed E-state index contributed by atoms with van der Waals surface area (Å²) in [4.78, 5) is 25.4. The number of aryl methyl sites for hydroxylation is 1. The molecule has 37 heavy (non-hydrogen) atoms. The summed E-state index contributed by atoms with van der Waals surface area (Å²) in [5, 5.41) is 10.8. The molecule has 1 aliphatic rings. The van der Waals surface area contributed by atoms with Crippen molar-refractivity contribution in [2.75, 3.05) is 25.4 Å². The van der Waals surface area contributed by atoms with E-state index in [1.54, 1.807) is 6.20 Å². The van der Waals surface area contributed by atoms with Crippen molar-refractivity contribution in [2.45, 2.75) is 52.1 Å². The molecule has 0 bridgehead atoms. The molecule has 1 fully saturated rings. The molecule has 1 aliphatic heterocycles. The number of likely N-dealkylation sites (tertiary alicyclic amines) is 1. The van der Waals surface area contributed by atoms with E-state index in [0.717, 1.165) is 25.1 Å². The molecular weight excluding hydrogens is 492 g/mol. The number of imidazole rings is 1. The van der Waals surface area contributed by atoms with Crippen molar-refractivity contribution in [2.24, 2.45) is 0 Å². The average molecular weight is 525 g/mol. The van der Waals surface area contributed by atoms with E-state index in [4.69, 9.17) is 15.3 Å². The number of nitrogens with one attached hydrogen (secondary N) is 1. The topological polar surface area (TPSA) is 128 Å². The van der Waals surface area contributed by atoms with Crippen molar-refractivity contribution in [3.05, 3.63) is 42.1 Å². The Balaban J connectivity index is 0.00000320. The summed E-state index contributed by atoms with van der Waals surface area (Å²) in [7, 11) is 0. The summed E-state index contributed by atoms with van der Waals surface area (Å²) in [5.41, 5.74) is 9.69. The number of halogens is 1. The lowest BCUT2D eigenvalue weighted by atomic mass is 10.0. The van der Waals surface area contributed by atoms with Gasteiger partial charge in [0.1, 0.15) is 5.52 Å². The van der Waals surface area contributed by atoms with Crippen LogP contribution in [0.3, 0.4) is 0 Å². The van der Waals surface area contributed by atoms with E-state index in [9.17, 15) is 4.79 Å². The lowest BCUT2D eigenvalue weighted by molar-refractivity contribution is 0.0950. The Morgan fingerprint density at radius 2 is 2.00 bits per heavy atom. The molecule has 1 atom stereocenters. The Kier molecular flexibility index (Phi) is 8.40. The van der Waals surface area contributed by atoms with E-state index in [-0.39, 0.29) is 24.1 Å². The van der Waals surface area contributed by atoms with Gasteiger partial charge in [-0.1, -0.05) is 36.8 Å². The first kappa shape index (κ1) is 26.6. The van der Waals surface area contributed by atoms with Crippen molar-refractivity contribution >= 4 is 35.2 Å². The molecule has 1 unspecified atom stereocenters. The van der Waals surface area contributed by atoms with E-state index in [1.165, 1.54) is 19.3 Å². The lowest BCUT2D eigenvalue weighted by Crippen LogP contribution is -2.39. The largest absolute Gasteiger partial charge is 0.379 e. The van der Waals surface area contributed by atoms with Crippen LogP contribution in [-0.4, -0.2) is 61.3 Å². The molecule has 0 aliphatic carbocycles. The number of nitrogen functional groups attached to an aromatic ring is 1. The van der Waals surface area contributed by atoms with Crippen molar-refractivity contribution < 1.29 is 9.42 Å². The monoisotopic (exact) mass is 524 g/mol. The average Bonchev–Trinajstić information content (AvgIpc) is 3.50. The SMILES string of the molecule is CCn1c(-c2nonc2N)nc2c(-c3ccccc3)ncc(C(=O)NCCCN3CCCCC3C)c21.Cl. The molecule has 5 rings (SSSR count). The summed E-state index contributed by atoms with van der Waals surface area (Å²) in [6, 6.07) is 10.4. The minimum absolute atomic E-state index is 0. The van der Waals surface area contributed by atoms with Crippen LogP contribution in [0, 0.1) is 0 Å². The molecule has 4 aromatic rings. The number of pyridine rings is 1. The molecule has 10 nitrogen and oxygen atoms in total. The molecule has 4 heterocycles. The van der Waals surface area contributed by atoms with Gasteiger partial charge in [0.25, 0.3) is 5.91 Å². The van der Waals surface area contributed by atoms with Crippen LogP contribution in [0.4, 0.5) is 5.82 Å². The maximum Gasteiger partial charge on any atom is 0.255 e. The highest BCUT2D eigenvalue weighted by atomic mass is 35.5. The first-order valence-corrected chi connectivity index (χ1v) is 12.6. The zero-order valence-corrected chi connectivity index (χ0v) is 22.0. The van der Waals surface area contributed by atoms with Gasteiger partial charge in [-0.3, -0.25) is 9.78 Å². The molecule has 3 N–H and O–H groups in total. The molecule has 0 spiro atoms. The van der Waals surface area contributed by atoms with Crippen LogP contribution >= 0.6 is 12.4 Å². The summed E-state index contributed by atoms with van der Waals surface area (Å²) < 4.78 is 6.75. The van der Waals surface area contributed by atoms with Crippen LogP contribution in [0.5, 0.6) is 0 Å². The number of piperidine rings is 1. The normalized spacial score (nSPS) is 16.0. The number of amides is 1. The zero-order valence-electron chi connectivity index (χ0n) is 21.2. The van der Waals surface area contributed by atoms with E-state index >= 15 is 0 Å². The third-order valence-electron chi connectivity index (χ3n) is 6.95. The van der Waals surface area contributed by atoms with Crippen molar-refractivity contribution in [1.29, 1.82) is 0 Å². The Hall–Kier alpha value is -3.50. The molecule has 196 valence electrons. The van der Waals surface area contributed by atoms with Gasteiger partial charge < -0.3 is 20.5 Å². The highest BCUT2D eigenvalue weighted by Gasteiger charge is 2.25. The molecule has 1 aromatic carbocycles. The van der Waals surface area contributed by atoms with E-state index < -0.39 is 0 Å². The molecule has 11 heteroatoms. The number of nitrogens with two attached hydrogens (primary N) is 1. The maximum absolute atomic E-state index is 13.4. The first-order valence-electron chi connectivity index (χ1n) is 12.6. The number of aromatic nitrogens is 5. The summed E-state index contributed by atoms with van der Waals surface area (Å²) in [6.07, 6.45) is 6.34. The van der Waals surface area contributed by atoms with Crippen molar-refractivity contribution in [3.63, 3.8) is 0 Å². The quantitative estimate of drug-likeness (QED) is 0.329. The molecule has 1 amide bonds. The number of nitrogens with zero attached hydrogens (tertiary/aromatic N) is 6. The predicted molar refractivity (Wildman–Crippen MR) is 145 cm³/mol. The number of carbonyl (C=O) groups is 1. The number of hydrogen-bond acceptors (Lipinski definition) is 8. The van der Waals surface area contributed by atoms with Gasteiger partial charge in [-0.25, -0.2) is 9.61 Å². The number of hydrogen-bond donors (Lipinski definition) is 2. The van der Waals surface area contributed by atoms with Crippen molar-refractivity contribution in [3.8, 4) is 22.8 Å². The zero-order chi connectivity index (χ0) is 25.1. The van der Waals surface area contributed by atoms with E-state index in [0.29, 0.717) is 52.9 Å². The minimum atomic E-state index is -0.175. The molecule has 1 saturated heterocycles. The molecular formula is C26H33ClN8O2. The van der Waals surface area contributed by atoms with Crippen LogP contribution in [0.15, 0.2) is 41.2 Å². The molecule has 0 saturated carbocycles. The fourth-order valence-corrected chi connectivity index (χ4v) is 5.02. The highest BCUT2D eigenvalue weighted by Crippen LogP contribution is 2.33. The second kappa shape index (κ2) is 11.7. The fraction of sp³-hybridized carbons (Fsp3) is 0.423. The second-order valence-electron chi connectivity index (χ2n) is 9.25. The Bertz CT molecular complexity index is 1350. The van der Waals surface area contributed by atoms with Gasteiger partial charge >= 0.3 is 0 Å². The summed E-state index contributed by atoms with van der Waals surface area (Å²) in [6.45, 7) is 7.53. The fourth-order valence-electron chi connectivity index (χ4n) is 5.02. The van der Waals surface area contributed by atoms with Crippen LogP contribution in [0.2, 0.25) is 0 Å². The number of anilines is 1. The Morgan fingerprint density at radius 1 is 1.19 bits per heavy atom. The van der Waals surface area contributed by atoms with Crippen LogP contribution in [0.25, 0.3) is 33.8 Å². The third kappa shape index (κ3) is 5.30. The first-order chi connectivity index (χ1) is 17.6. The van der Waals surface area contributed by atoms with E-state index in [1.807, 2.05) is 41.8 Å². The van der Waals surface area contributed by atoms with Gasteiger partial charge in [-0.05, 0) is 50.0 Å². The highest BCUT2D eigenvalue weighted by molar-refractivity contribution is 6.08. The Morgan fingerprint density at radius 3 is 2.70 bits per heavy atom.